The lowest BCUT2D eigenvalue weighted by Crippen LogP contribution is -2.33. The first-order chi connectivity index (χ1) is 12.6. The van der Waals surface area contributed by atoms with Gasteiger partial charge in [-0.15, -0.1) is 11.3 Å². The maximum Gasteiger partial charge on any atom is 0.238 e. The van der Waals surface area contributed by atoms with Crippen molar-refractivity contribution in [3.63, 3.8) is 0 Å². The van der Waals surface area contributed by atoms with Gasteiger partial charge in [0, 0.05) is 10.9 Å². The van der Waals surface area contributed by atoms with Crippen LogP contribution in [0.4, 0.5) is 5.00 Å². The number of anilines is 1. The summed E-state index contributed by atoms with van der Waals surface area (Å²) < 4.78 is 0. The van der Waals surface area contributed by atoms with Gasteiger partial charge in [0.1, 0.15) is 11.1 Å². The number of carbonyl (C=O) groups excluding carboxylic acids is 1. The van der Waals surface area contributed by atoms with Crippen LogP contribution in [0.15, 0.2) is 30.3 Å². The molecule has 1 aromatic carbocycles. The van der Waals surface area contributed by atoms with Gasteiger partial charge in [0.25, 0.3) is 0 Å². The fraction of sp³-hybridized carbons (Fsp3) is 0.429. The zero-order valence-electron chi connectivity index (χ0n) is 15.3. The minimum absolute atomic E-state index is 0.0957. The largest absolute Gasteiger partial charge is 0.315 e. The maximum absolute atomic E-state index is 12.5. The zero-order valence-corrected chi connectivity index (χ0v) is 16.2. The molecule has 2 aromatic rings. The van der Waals surface area contributed by atoms with Crippen LogP contribution < -0.4 is 10.6 Å². The molecule has 1 atom stereocenters. The van der Waals surface area contributed by atoms with E-state index in [4.69, 9.17) is 0 Å². The van der Waals surface area contributed by atoms with Gasteiger partial charge in [0.15, 0.2) is 0 Å². The van der Waals surface area contributed by atoms with Crippen LogP contribution in [0.5, 0.6) is 0 Å². The van der Waals surface area contributed by atoms with Gasteiger partial charge in [-0.2, -0.15) is 5.26 Å². The molecule has 1 aromatic heterocycles. The molecular weight excluding hydrogens is 342 g/mol. The van der Waals surface area contributed by atoms with Crippen molar-refractivity contribution in [2.24, 2.45) is 5.92 Å². The highest BCUT2D eigenvalue weighted by Crippen LogP contribution is 2.37. The van der Waals surface area contributed by atoms with Crippen LogP contribution in [0.3, 0.4) is 0 Å². The average molecular weight is 368 g/mol. The molecule has 1 heterocycles. The Kier molecular flexibility index (Phi) is 6.08. The second kappa shape index (κ2) is 8.48. The number of rotatable bonds is 6. The summed E-state index contributed by atoms with van der Waals surface area (Å²) in [6, 6.07) is 12.6. The number of thiophene rings is 1. The third kappa shape index (κ3) is 4.14. The fourth-order valence-electron chi connectivity index (χ4n) is 3.54. The summed E-state index contributed by atoms with van der Waals surface area (Å²) in [5.74, 6) is 0.274. The Morgan fingerprint density at radius 2 is 1.96 bits per heavy atom. The van der Waals surface area contributed by atoms with Crippen LogP contribution in [0.2, 0.25) is 0 Å². The summed E-state index contributed by atoms with van der Waals surface area (Å²) in [5.41, 5.74) is 3.00. The number of amides is 1. The summed E-state index contributed by atoms with van der Waals surface area (Å²) in [6.45, 7) is 4.51. The van der Waals surface area contributed by atoms with Crippen molar-refractivity contribution in [3.8, 4) is 6.07 Å². The number of fused-ring (bicyclic) bond motifs is 1. The van der Waals surface area contributed by atoms with Crippen LogP contribution in [0, 0.1) is 17.2 Å². The number of nitrogens with one attached hydrogen (secondary N) is 2. The predicted molar refractivity (Wildman–Crippen MR) is 106 cm³/mol. The van der Waals surface area contributed by atoms with E-state index < -0.39 is 0 Å². The van der Waals surface area contributed by atoms with E-state index in [1.807, 2.05) is 18.2 Å². The van der Waals surface area contributed by atoms with Gasteiger partial charge in [-0.25, -0.2) is 0 Å². The molecule has 1 aliphatic carbocycles. The molecule has 0 unspecified atom stereocenters. The number of hydrogen-bond donors (Lipinski definition) is 2. The van der Waals surface area contributed by atoms with Crippen molar-refractivity contribution < 1.29 is 4.79 Å². The minimum Gasteiger partial charge on any atom is -0.315 e. The molecule has 4 nitrogen and oxygen atoms in total. The van der Waals surface area contributed by atoms with E-state index in [0.717, 1.165) is 24.8 Å². The van der Waals surface area contributed by atoms with Crippen LogP contribution >= 0.6 is 11.3 Å². The van der Waals surface area contributed by atoms with Gasteiger partial charge in [-0.1, -0.05) is 44.2 Å². The summed E-state index contributed by atoms with van der Waals surface area (Å²) in [5, 5.41) is 16.5. The third-order valence-corrected chi connectivity index (χ3v) is 6.05. The first-order valence-corrected chi connectivity index (χ1v) is 10.0. The highest BCUT2D eigenvalue weighted by Gasteiger charge is 2.22. The number of benzene rings is 1. The van der Waals surface area contributed by atoms with E-state index in [0.29, 0.717) is 16.5 Å². The number of carbonyl (C=O) groups is 1. The van der Waals surface area contributed by atoms with Crippen molar-refractivity contribution >= 4 is 22.2 Å². The maximum atomic E-state index is 12.5. The van der Waals surface area contributed by atoms with E-state index in [-0.39, 0.29) is 18.5 Å². The highest BCUT2D eigenvalue weighted by molar-refractivity contribution is 7.16. The van der Waals surface area contributed by atoms with Crippen LogP contribution in [0.1, 0.15) is 54.3 Å². The van der Waals surface area contributed by atoms with E-state index in [1.54, 1.807) is 11.3 Å². The van der Waals surface area contributed by atoms with E-state index in [1.165, 1.54) is 16.9 Å². The first kappa shape index (κ1) is 18.6. The predicted octanol–water partition coefficient (Wildman–Crippen LogP) is 4.42. The molecule has 2 N–H and O–H groups in total. The molecule has 26 heavy (non-hydrogen) atoms. The van der Waals surface area contributed by atoms with Crippen molar-refractivity contribution in [3.05, 3.63) is 51.9 Å². The molecule has 0 fully saturated rings. The molecule has 0 saturated carbocycles. The molecule has 0 aliphatic heterocycles. The molecule has 0 bridgehead atoms. The lowest BCUT2D eigenvalue weighted by Gasteiger charge is -2.22. The van der Waals surface area contributed by atoms with Gasteiger partial charge in [0.05, 0.1) is 12.1 Å². The quantitative estimate of drug-likeness (QED) is 0.794. The van der Waals surface area contributed by atoms with Crippen molar-refractivity contribution in [2.75, 3.05) is 11.9 Å². The van der Waals surface area contributed by atoms with Crippen molar-refractivity contribution in [1.82, 2.24) is 5.32 Å². The smallest absolute Gasteiger partial charge is 0.238 e. The highest BCUT2D eigenvalue weighted by atomic mass is 32.1. The zero-order chi connectivity index (χ0) is 18.5. The Bertz CT molecular complexity index is 805. The molecule has 1 aliphatic rings. The molecule has 136 valence electrons. The fourth-order valence-corrected chi connectivity index (χ4v) is 4.80. The summed E-state index contributed by atoms with van der Waals surface area (Å²) in [7, 11) is 0. The lowest BCUT2D eigenvalue weighted by atomic mass is 9.96. The molecule has 5 heteroatoms. The number of nitrogens with zero attached hydrogens (tertiary/aromatic N) is 1. The third-order valence-electron chi connectivity index (χ3n) is 4.84. The number of nitriles is 1. The van der Waals surface area contributed by atoms with Crippen LogP contribution in [0.25, 0.3) is 0 Å². The molecule has 0 saturated heterocycles. The summed E-state index contributed by atoms with van der Waals surface area (Å²) in [4.78, 5) is 13.7. The average Bonchev–Trinajstić information content (AvgIpc) is 2.99. The Labute approximate surface area is 159 Å². The van der Waals surface area contributed by atoms with Gasteiger partial charge >= 0.3 is 0 Å². The van der Waals surface area contributed by atoms with Crippen molar-refractivity contribution in [2.45, 2.75) is 45.6 Å². The SMILES string of the molecule is CC(C)[C@@H](NCC(=O)Nc1sc2c(c1C#N)CCCC2)c1ccccc1. The Morgan fingerprint density at radius 1 is 1.23 bits per heavy atom. The molecule has 0 radical (unpaired) electrons. The van der Waals surface area contributed by atoms with Gasteiger partial charge < -0.3 is 10.6 Å². The Hall–Kier alpha value is -2.16. The first-order valence-electron chi connectivity index (χ1n) is 9.23. The second-order valence-corrected chi connectivity index (χ2v) is 8.19. The summed E-state index contributed by atoms with van der Waals surface area (Å²) >= 11 is 1.57. The lowest BCUT2D eigenvalue weighted by molar-refractivity contribution is -0.115. The Morgan fingerprint density at radius 3 is 2.65 bits per heavy atom. The van der Waals surface area contributed by atoms with Crippen molar-refractivity contribution in [1.29, 1.82) is 5.26 Å². The minimum atomic E-state index is -0.0957. The number of aryl methyl sites for hydroxylation is 1. The van der Waals surface area contributed by atoms with E-state index in [2.05, 4.69) is 42.7 Å². The summed E-state index contributed by atoms with van der Waals surface area (Å²) in [6.07, 6.45) is 4.26. The molecule has 3 rings (SSSR count). The Balaban J connectivity index is 1.66. The van der Waals surface area contributed by atoms with Gasteiger partial charge in [-0.05, 0) is 42.7 Å². The molecule has 1 amide bonds. The van der Waals surface area contributed by atoms with Crippen LogP contribution in [-0.4, -0.2) is 12.5 Å². The van der Waals surface area contributed by atoms with Gasteiger partial charge in [0.2, 0.25) is 5.91 Å². The monoisotopic (exact) mass is 367 g/mol. The number of hydrogen-bond acceptors (Lipinski definition) is 4. The standard InChI is InChI=1S/C21H25N3OS/c1-14(2)20(15-8-4-3-5-9-15)23-13-19(25)24-21-17(12-22)16-10-6-7-11-18(16)26-21/h3-5,8-9,14,20,23H,6-7,10-11,13H2,1-2H3,(H,24,25)/t20-/m1/s1. The topological polar surface area (TPSA) is 64.9 Å². The van der Waals surface area contributed by atoms with Crippen LogP contribution in [-0.2, 0) is 17.6 Å². The van der Waals surface area contributed by atoms with E-state index in [9.17, 15) is 10.1 Å². The van der Waals surface area contributed by atoms with E-state index >= 15 is 0 Å². The van der Waals surface area contributed by atoms with Gasteiger partial charge in [-0.3, -0.25) is 4.79 Å². The normalized spacial score (nSPS) is 14.5. The second-order valence-electron chi connectivity index (χ2n) is 7.09. The molecular formula is C21H25N3OS. The molecule has 0 spiro atoms.